The number of H-pyrrole nitrogens is 1. The maximum absolute atomic E-state index is 11.8. The Balaban J connectivity index is 2.27. The van der Waals surface area contributed by atoms with Crippen molar-refractivity contribution in [3.8, 4) is 6.07 Å². The van der Waals surface area contributed by atoms with Crippen LogP contribution in [0.1, 0.15) is 12.6 Å². The summed E-state index contributed by atoms with van der Waals surface area (Å²) in [6.07, 6.45) is -2.67. The van der Waals surface area contributed by atoms with Gasteiger partial charge in [-0.15, -0.1) is 0 Å². The van der Waals surface area contributed by atoms with E-state index in [1.165, 1.54) is 6.20 Å². The molecule has 2 heterocycles. The lowest BCUT2D eigenvalue weighted by molar-refractivity contribution is -0.0732. The van der Waals surface area contributed by atoms with E-state index in [1.807, 2.05) is 6.07 Å². The molecule has 1 fully saturated rings. The molecule has 0 amide bonds. The zero-order valence-corrected chi connectivity index (χ0v) is 11.0. The largest absolute Gasteiger partial charge is 0.394 e. The fourth-order valence-corrected chi connectivity index (χ4v) is 2.14. The van der Waals surface area contributed by atoms with Gasteiger partial charge < -0.3 is 19.7 Å². The van der Waals surface area contributed by atoms with Crippen LogP contribution in [0.4, 0.5) is 0 Å². The molecule has 4 atom stereocenters. The van der Waals surface area contributed by atoms with Crippen molar-refractivity contribution >= 4 is 0 Å². The molecule has 3 N–H and O–H groups in total. The molecule has 1 aromatic heterocycles. The first-order valence-electron chi connectivity index (χ1n) is 6.33. The first kappa shape index (κ1) is 15.4. The number of aromatic nitrogens is 2. The van der Waals surface area contributed by atoms with Gasteiger partial charge in [0.15, 0.2) is 6.23 Å². The van der Waals surface area contributed by atoms with Crippen LogP contribution in [-0.2, 0) is 9.47 Å². The molecule has 0 aromatic carbocycles. The van der Waals surface area contributed by atoms with E-state index in [1.54, 1.807) is 0 Å². The molecule has 0 aliphatic carbocycles. The van der Waals surface area contributed by atoms with Gasteiger partial charge in [0.25, 0.3) is 5.56 Å². The molecule has 114 valence electrons. The van der Waals surface area contributed by atoms with Gasteiger partial charge in [-0.1, -0.05) is 0 Å². The van der Waals surface area contributed by atoms with Gasteiger partial charge in [-0.05, 0) is 0 Å². The second-order valence-corrected chi connectivity index (χ2v) is 4.50. The Morgan fingerprint density at radius 1 is 1.52 bits per heavy atom. The number of rotatable bonds is 5. The normalized spacial score (nSPS) is 28.4. The lowest BCUT2D eigenvalue weighted by Crippen LogP contribution is -2.39. The molecule has 0 radical (unpaired) electrons. The van der Waals surface area contributed by atoms with E-state index in [2.05, 4.69) is 4.98 Å². The van der Waals surface area contributed by atoms with E-state index >= 15 is 0 Å². The summed E-state index contributed by atoms with van der Waals surface area (Å²) in [5, 5.41) is 27.7. The topological polar surface area (TPSA) is 138 Å². The summed E-state index contributed by atoms with van der Waals surface area (Å²) in [4.78, 5) is 24.9. The average Bonchev–Trinajstić information content (AvgIpc) is 2.76. The van der Waals surface area contributed by atoms with Gasteiger partial charge in [-0.25, -0.2) is 4.79 Å². The number of hydrogen-bond donors (Lipinski definition) is 3. The molecule has 0 bridgehead atoms. The molecule has 2 rings (SSSR count). The minimum absolute atomic E-state index is 0.0499. The van der Waals surface area contributed by atoms with Gasteiger partial charge in [-0.2, -0.15) is 5.26 Å². The van der Waals surface area contributed by atoms with Gasteiger partial charge in [0.2, 0.25) is 0 Å². The van der Waals surface area contributed by atoms with Crippen LogP contribution < -0.4 is 11.2 Å². The predicted octanol–water partition coefficient (Wildman–Crippen LogP) is -1.91. The third kappa shape index (κ3) is 3.20. The van der Waals surface area contributed by atoms with Gasteiger partial charge in [-0.3, -0.25) is 14.3 Å². The molecule has 9 heteroatoms. The van der Waals surface area contributed by atoms with E-state index in [0.29, 0.717) is 0 Å². The number of ether oxygens (including phenoxy) is 2. The monoisotopic (exact) mass is 297 g/mol. The third-order valence-electron chi connectivity index (χ3n) is 3.14. The van der Waals surface area contributed by atoms with E-state index in [4.69, 9.17) is 19.8 Å². The molecule has 9 nitrogen and oxygen atoms in total. The van der Waals surface area contributed by atoms with Crippen molar-refractivity contribution in [1.29, 1.82) is 5.26 Å². The number of hydrogen-bond acceptors (Lipinski definition) is 7. The molecule has 1 saturated heterocycles. The van der Waals surface area contributed by atoms with Gasteiger partial charge in [0, 0.05) is 12.3 Å². The number of aromatic amines is 1. The predicted molar refractivity (Wildman–Crippen MR) is 68.3 cm³/mol. The lowest BCUT2D eigenvalue weighted by atomic mass is 10.1. The van der Waals surface area contributed by atoms with E-state index < -0.39 is 42.4 Å². The van der Waals surface area contributed by atoms with Crippen LogP contribution in [0.15, 0.2) is 21.9 Å². The molecule has 0 spiro atoms. The highest BCUT2D eigenvalue weighted by Crippen LogP contribution is 2.30. The highest BCUT2D eigenvalue weighted by molar-refractivity contribution is 4.94. The molecule has 1 unspecified atom stereocenters. The fourth-order valence-electron chi connectivity index (χ4n) is 2.14. The van der Waals surface area contributed by atoms with Crippen LogP contribution in [0.3, 0.4) is 0 Å². The van der Waals surface area contributed by atoms with Crippen molar-refractivity contribution in [1.82, 2.24) is 9.55 Å². The second-order valence-electron chi connectivity index (χ2n) is 4.50. The maximum Gasteiger partial charge on any atom is 0.330 e. The van der Waals surface area contributed by atoms with Crippen LogP contribution >= 0.6 is 0 Å². The standard InChI is InChI=1S/C12H15N3O6/c13-3-1-5-20-10-9(18)7(6-16)21-11(10)15-4-2-8(17)14-12(15)19/h2,4,7,9-11,16,18H,1,5-6H2,(H,14,17,19)/t7-,9?,10+,11-/m1/s1. The lowest BCUT2D eigenvalue weighted by Gasteiger charge is -2.21. The summed E-state index contributed by atoms with van der Waals surface area (Å²) < 4.78 is 11.9. The molecule has 1 aliphatic heterocycles. The fraction of sp³-hybridized carbons (Fsp3) is 0.583. The Morgan fingerprint density at radius 3 is 2.90 bits per heavy atom. The first-order chi connectivity index (χ1) is 10.1. The summed E-state index contributed by atoms with van der Waals surface area (Å²) in [6, 6.07) is 3.03. The zero-order chi connectivity index (χ0) is 15.4. The number of nitriles is 1. The smallest absolute Gasteiger partial charge is 0.330 e. The first-order valence-corrected chi connectivity index (χ1v) is 6.33. The van der Waals surface area contributed by atoms with Crippen LogP contribution in [0, 0.1) is 11.3 Å². The molecule has 1 aromatic rings. The van der Waals surface area contributed by atoms with Crippen molar-refractivity contribution in [2.24, 2.45) is 0 Å². The maximum atomic E-state index is 11.8. The summed E-state index contributed by atoms with van der Waals surface area (Å²) in [7, 11) is 0. The minimum Gasteiger partial charge on any atom is -0.394 e. The Bertz CT molecular complexity index is 633. The van der Waals surface area contributed by atoms with Crippen molar-refractivity contribution in [2.45, 2.75) is 31.0 Å². The van der Waals surface area contributed by atoms with Crippen LogP contribution in [0.5, 0.6) is 0 Å². The molecular weight excluding hydrogens is 282 g/mol. The summed E-state index contributed by atoms with van der Waals surface area (Å²) in [5.41, 5.74) is -1.28. The number of nitrogens with one attached hydrogen (secondary N) is 1. The average molecular weight is 297 g/mol. The van der Waals surface area contributed by atoms with E-state index in [-0.39, 0.29) is 13.0 Å². The molecular formula is C12H15N3O6. The number of aliphatic hydroxyl groups is 2. The van der Waals surface area contributed by atoms with Gasteiger partial charge >= 0.3 is 5.69 Å². The van der Waals surface area contributed by atoms with Crippen LogP contribution in [0.2, 0.25) is 0 Å². The minimum atomic E-state index is -1.16. The SMILES string of the molecule is N#CCCO[C@H]1C(O)[C@@H](CO)O[C@H]1n1ccc(=O)[nH]c1=O. The molecule has 21 heavy (non-hydrogen) atoms. The van der Waals surface area contributed by atoms with Gasteiger partial charge in [0.05, 0.1) is 25.7 Å². The van der Waals surface area contributed by atoms with E-state index in [9.17, 15) is 14.7 Å². The zero-order valence-electron chi connectivity index (χ0n) is 11.0. The Hall–Kier alpha value is -1.99. The van der Waals surface area contributed by atoms with Crippen LogP contribution in [-0.4, -0.2) is 51.3 Å². The molecule has 1 aliphatic rings. The Kier molecular flexibility index (Phi) is 4.87. The Labute approximate surface area is 119 Å². The van der Waals surface area contributed by atoms with Gasteiger partial charge in [0.1, 0.15) is 18.3 Å². The van der Waals surface area contributed by atoms with Crippen LogP contribution in [0.25, 0.3) is 0 Å². The highest BCUT2D eigenvalue weighted by atomic mass is 16.6. The third-order valence-corrected chi connectivity index (χ3v) is 3.14. The summed E-state index contributed by atoms with van der Waals surface area (Å²) in [5.74, 6) is 0. The van der Waals surface area contributed by atoms with Crippen molar-refractivity contribution in [2.75, 3.05) is 13.2 Å². The van der Waals surface area contributed by atoms with Crippen molar-refractivity contribution < 1.29 is 19.7 Å². The van der Waals surface area contributed by atoms with E-state index in [0.717, 1.165) is 10.6 Å². The highest BCUT2D eigenvalue weighted by Gasteiger charge is 2.45. The quantitative estimate of drug-likeness (QED) is 0.539. The Morgan fingerprint density at radius 2 is 2.29 bits per heavy atom. The second kappa shape index (κ2) is 6.64. The van der Waals surface area contributed by atoms with Crippen molar-refractivity contribution in [3.63, 3.8) is 0 Å². The molecule has 0 saturated carbocycles. The number of aliphatic hydroxyl groups excluding tert-OH is 2. The number of nitrogens with zero attached hydrogens (tertiary/aromatic N) is 2. The summed E-state index contributed by atoms with van der Waals surface area (Å²) in [6.45, 7) is -0.401. The van der Waals surface area contributed by atoms with Crippen molar-refractivity contribution in [3.05, 3.63) is 33.1 Å². The summed E-state index contributed by atoms with van der Waals surface area (Å²) >= 11 is 0.